The Kier molecular flexibility index (Phi) is 3.66. The van der Waals surface area contributed by atoms with Crippen LogP contribution in [0.2, 0.25) is 0 Å². The van der Waals surface area contributed by atoms with E-state index in [1.54, 1.807) is 13.0 Å². The molecule has 1 aliphatic heterocycles. The van der Waals surface area contributed by atoms with Crippen LogP contribution in [0.3, 0.4) is 0 Å². The normalized spacial score (nSPS) is 21.9. The first-order valence-corrected chi connectivity index (χ1v) is 4.97. The van der Waals surface area contributed by atoms with Gasteiger partial charge in [0.1, 0.15) is 0 Å². The Morgan fingerprint density at radius 2 is 2.40 bits per heavy atom. The molecule has 1 saturated heterocycles. The number of nitrogens with zero attached hydrogens (tertiary/aromatic N) is 1. The summed E-state index contributed by atoms with van der Waals surface area (Å²) < 4.78 is 0. The average Bonchev–Trinajstić information content (AvgIpc) is 2.55. The van der Waals surface area contributed by atoms with E-state index in [0.29, 0.717) is 25.0 Å². The molecule has 1 amide bonds. The van der Waals surface area contributed by atoms with Crippen molar-refractivity contribution in [1.29, 1.82) is 0 Å². The molecule has 82 valence electrons. The number of hydrogen-bond donors (Lipinski definition) is 1. The largest absolute Gasteiger partial charge is 0.478 e. The van der Waals surface area contributed by atoms with Gasteiger partial charge in [-0.2, -0.15) is 0 Å². The van der Waals surface area contributed by atoms with Crippen molar-refractivity contribution in [3.8, 4) is 0 Å². The molecule has 0 aromatic rings. The first kappa shape index (κ1) is 11.5. The quantitative estimate of drug-likeness (QED) is 0.712. The van der Waals surface area contributed by atoms with Crippen molar-refractivity contribution in [3.63, 3.8) is 0 Å². The molecule has 1 unspecified atom stereocenters. The van der Waals surface area contributed by atoms with Crippen LogP contribution in [0.25, 0.3) is 0 Å². The highest BCUT2D eigenvalue weighted by molar-refractivity contribution is 5.89. The van der Waals surface area contributed by atoms with Crippen molar-refractivity contribution in [1.82, 2.24) is 4.90 Å². The van der Waals surface area contributed by atoms with Crippen molar-refractivity contribution in [2.24, 2.45) is 5.92 Å². The predicted octanol–water partition coefficient (Wildman–Crippen LogP) is 1.40. The fourth-order valence-corrected chi connectivity index (χ4v) is 1.64. The maximum atomic E-state index is 11.6. The number of carbonyl (C=O) groups is 2. The van der Waals surface area contributed by atoms with Gasteiger partial charge < -0.3 is 10.0 Å². The first-order chi connectivity index (χ1) is 7.10. The van der Waals surface area contributed by atoms with Crippen LogP contribution in [0.1, 0.15) is 19.8 Å². The third-order valence-corrected chi connectivity index (χ3v) is 2.56. The molecule has 1 heterocycles. The zero-order valence-electron chi connectivity index (χ0n) is 8.77. The fourth-order valence-electron chi connectivity index (χ4n) is 1.64. The topological polar surface area (TPSA) is 57.6 Å². The highest BCUT2D eigenvalue weighted by Gasteiger charge is 2.29. The van der Waals surface area contributed by atoms with Crippen LogP contribution in [0.4, 0.5) is 0 Å². The van der Waals surface area contributed by atoms with E-state index in [4.69, 9.17) is 5.11 Å². The smallest absolute Gasteiger partial charge is 0.331 e. The van der Waals surface area contributed by atoms with E-state index in [1.807, 2.05) is 0 Å². The zero-order valence-corrected chi connectivity index (χ0v) is 8.77. The molecule has 0 aromatic carbocycles. The molecule has 1 N–H and O–H groups in total. The zero-order chi connectivity index (χ0) is 11.4. The molecule has 1 atom stereocenters. The molecule has 4 heteroatoms. The number of rotatable bonds is 4. The van der Waals surface area contributed by atoms with Gasteiger partial charge in [0.15, 0.2) is 0 Å². The summed E-state index contributed by atoms with van der Waals surface area (Å²) in [6.45, 7) is 5.92. The van der Waals surface area contributed by atoms with Gasteiger partial charge >= 0.3 is 5.97 Å². The molecule has 0 aliphatic carbocycles. The van der Waals surface area contributed by atoms with E-state index in [0.717, 1.165) is 0 Å². The molecule has 1 aliphatic rings. The number of carboxylic acids is 1. The maximum Gasteiger partial charge on any atom is 0.331 e. The molecule has 15 heavy (non-hydrogen) atoms. The van der Waals surface area contributed by atoms with Crippen LogP contribution in [-0.4, -0.2) is 28.4 Å². The summed E-state index contributed by atoms with van der Waals surface area (Å²) in [7, 11) is 0. The van der Waals surface area contributed by atoms with Crippen LogP contribution < -0.4 is 0 Å². The highest BCUT2D eigenvalue weighted by Crippen LogP contribution is 2.21. The monoisotopic (exact) mass is 209 g/mol. The van der Waals surface area contributed by atoms with Crippen LogP contribution in [0.15, 0.2) is 24.4 Å². The number of hydrogen-bond acceptors (Lipinski definition) is 2. The summed E-state index contributed by atoms with van der Waals surface area (Å²) in [5.41, 5.74) is 0.305. The Labute approximate surface area is 88.9 Å². The third-order valence-electron chi connectivity index (χ3n) is 2.56. The molecule has 0 saturated carbocycles. The summed E-state index contributed by atoms with van der Waals surface area (Å²) >= 11 is 0. The molecule has 4 nitrogen and oxygen atoms in total. The van der Waals surface area contributed by atoms with Crippen LogP contribution in [0.5, 0.6) is 0 Å². The molecule has 0 spiro atoms. The molecular weight excluding hydrogens is 194 g/mol. The summed E-state index contributed by atoms with van der Waals surface area (Å²) in [6, 6.07) is 0. The summed E-state index contributed by atoms with van der Waals surface area (Å²) in [5.74, 6) is -1.30. The van der Waals surface area contributed by atoms with Gasteiger partial charge in [-0.1, -0.05) is 19.6 Å². The summed E-state index contributed by atoms with van der Waals surface area (Å²) in [6.07, 6.45) is 4.16. The third kappa shape index (κ3) is 2.46. The summed E-state index contributed by atoms with van der Waals surface area (Å²) in [4.78, 5) is 23.9. The van der Waals surface area contributed by atoms with Gasteiger partial charge in [0.25, 0.3) is 0 Å². The van der Waals surface area contributed by atoms with Crippen molar-refractivity contribution >= 4 is 11.9 Å². The lowest BCUT2D eigenvalue weighted by atomic mass is 10.0. The van der Waals surface area contributed by atoms with E-state index < -0.39 is 5.97 Å². The van der Waals surface area contributed by atoms with Gasteiger partial charge in [-0.3, -0.25) is 4.79 Å². The van der Waals surface area contributed by atoms with E-state index in [-0.39, 0.29) is 11.8 Å². The minimum absolute atomic E-state index is 0.0581. The van der Waals surface area contributed by atoms with Crippen LogP contribution in [0, 0.1) is 5.92 Å². The Hall–Kier alpha value is -1.58. The standard InChI is InChI=1S/C11H15NO3/c1-3-8(11(14)15)7-9-5-6-12(4-2)10(9)13/h4,7,9H,2-3,5-6H2,1H3,(H,14,15). The Balaban J connectivity index is 2.79. The van der Waals surface area contributed by atoms with Gasteiger partial charge in [-0.05, 0) is 19.0 Å². The van der Waals surface area contributed by atoms with Crippen molar-refractivity contribution < 1.29 is 14.7 Å². The number of likely N-dealkylation sites (tertiary alicyclic amines) is 1. The van der Waals surface area contributed by atoms with Gasteiger partial charge in [0, 0.05) is 12.1 Å². The summed E-state index contributed by atoms with van der Waals surface area (Å²) in [5, 5.41) is 8.83. The second-order valence-electron chi connectivity index (χ2n) is 3.46. The van der Waals surface area contributed by atoms with Crippen molar-refractivity contribution in [2.45, 2.75) is 19.8 Å². The lowest BCUT2D eigenvalue weighted by Crippen LogP contribution is -2.21. The predicted molar refractivity (Wildman–Crippen MR) is 56.0 cm³/mol. The minimum Gasteiger partial charge on any atom is -0.478 e. The van der Waals surface area contributed by atoms with Crippen LogP contribution >= 0.6 is 0 Å². The average molecular weight is 209 g/mol. The number of carboxylic acid groups (broad SMARTS) is 1. The lowest BCUT2D eigenvalue weighted by Gasteiger charge is -2.08. The molecule has 1 fully saturated rings. The second kappa shape index (κ2) is 4.77. The maximum absolute atomic E-state index is 11.6. The Bertz CT molecular complexity index is 320. The minimum atomic E-state index is -0.942. The van der Waals surface area contributed by atoms with Gasteiger partial charge in [-0.15, -0.1) is 0 Å². The molecule has 0 radical (unpaired) electrons. The molecule has 0 bridgehead atoms. The van der Waals surface area contributed by atoms with E-state index in [2.05, 4.69) is 6.58 Å². The first-order valence-electron chi connectivity index (χ1n) is 4.97. The highest BCUT2D eigenvalue weighted by atomic mass is 16.4. The van der Waals surface area contributed by atoms with E-state index in [1.165, 1.54) is 11.1 Å². The Morgan fingerprint density at radius 3 is 2.80 bits per heavy atom. The van der Waals surface area contributed by atoms with Crippen molar-refractivity contribution in [3.05, 3.63) is 24.4 Å². The number of amides is 1. The fraction of sp³-hybridized carbons (Fsp3) is 0.455. The van der Waals surface area contributed by atoms with Gasteiger partial charge in [0.05, 0.1) is 5.92 Å². The van der Waals surface area contributed by atoms with Gasteiger partial charge in [-0.25, -0.2) is 4.79 Å². The van der Waals surface area contributed by atoms with Crippen molar-refractivity contribution in [2.75, 3.05) is 6.54 Å². The SMILES string of the molecule is C=CN1CCC(C=C(CC)C(=O)O)C1=O. The van der Waals surface area contributed by atoms with Gasteiger partial charge in [0.2, 0.25) is 5.91 Å². The molecule has 0 aromatic heterocycles. The van der Waals surface area contributed by atoms with Crippen LogP contribution in [-0.2, 0) is 9.59 Å². The molecular formula is C11H15NO3. The second-order valence-corrected chi connectivity index (χ2v) is 3.46. The number of aliphatic carboxylic acids is 1. The lowest BCUT2D eigenvalue weighted by molar-refractivity contribution is -0.132. The molecule has 1 rings (SSSR count). The number of carbonyl (C=O) groups excluding carboxylic acids is 1. The Morgan fingerprint density at radius 1 is 1.73 bits per heavy atom. The van der Waals surface area contributed by atoms with E-state index >= 15 is 0 Å². The van der Waals surface area contributed by atoms with E-state index in [9.17, 15) is 9.59 Å².